The van der Waals surface area contributed by atoms with E-state index in [-0.39, 0.29) is 6.10 Å². The highest BCUT2D eigenvalue weighted by Crippen LogP contribution is 2.29. The second-order valence-corrected chi connectivity index (χ2v) is 5.93. The molecule has 1 saturated carbocycles. The molecule has 3 rings (SSSR count). The first-order valence-corrected chi connectivity index (χ1v) is 8.02. The molecule has 2 aromatic rings. The van der Waals surface area contributed by atoms with E-state index in [1.807, 2.05) is 16.8 Å². The molecule has 0 aliphatic heterocycles. The maximum atomic E-state index is 6.23. The van der Waals surface area contributed by atoms with Gasteiger partial charge in [0.25, 0.3) is 5.88 Å². The van der Waals surface area contributed by atoms with Crippen LogP contribution in [0.3, 0.4) is 0 Å². The first kappa shape index (κ1) is 14.2. The van der Waals surface area contributed by atoms with Crippen LogP contribution in [0.25, 0.3) is 5.65 Å². The average molecular weight is 288 g/mol. The number of hydrogen-bond donors (Lipinski definition) is 1. The zero-order valence-corrected chi connectivity index (χ0v) is 12.9. The minimum Gasteiger partial charge on any atom is -0.471 e. The van der Waals surface area contributed by atoms with E-state index in [1.54, 1.807) is 6.20 Å². The first-order valence-electron chi connectivity index (χ1n) is 8.02. The highest BCUT2D eigenvalue weighted by molar-refractivity contribution is 5.53. The molecule has 5 nitrogen and oxygen atoms in total. The molecule has 0 aromatic carbocycles. The minimum absolute atomic E-state index is 0.258. The predicted molar refractivity (Wildman–Crippen MR) is 83.8 cm³/mol. The normalized spacial score (nSPS) is 22.4. The van der Waals surface area contributed by atoms with Crippen LogP contribution in [0.15, 0.2) is 18.6 Å². The third-order valence-corrected chi connectivity index (χ3v) is 4.20. The number of anilines is 1. The Bertz CT molecular complexity index is 595. The average Bonchev–Trinajstić information content (AvgIpc) is 2.96. The number of nitrogens with one attached hydrogen (secondary N) is 1. The van der Waals surface area contributed by atoms with Crippen LogP contribution in [0.1, 0.15) is 46.0 Å². The van der Waals surface area contributed by atoms with Crippen LogP contribution in [0.5, 0.6) is 5.88 Å². The lowest BCUT2D eigenvalue weighted by Gasteiger charge is -2.28. The van der Waals surface area contributed by atoms with Crippen molar-refractivity contribution < 1.29 is 4.74 Å². The second kappa shape index (κ2) is 6.33. The van der Waals surface area contributed by atoms with Gasteiger partial charge in [-0.1, -0.05) is 20.3 Å². The van der Waals surface area contributed by atoms with Crippen molar-refractivity contribution in [3.05, 3.63) is 18.6 Å². The number of imidazole rings is 1. The molecule has 1 aliphatic rings. The molecule has 0 saturated heterocycles. The lowest BCUT2D eigenvalue weighted by Crippen LogP contribution is -2.29. The number of rotatable bonds is 5. The molecular formula is C16H24N4O. The van der Waals surface area contributed by atoms with Crippen molar-refractivity contribution in [2.24, 2.45) is 5.92 Å². The summed E-state index contributed by atoms with van der Waals surface area (Å²) in [5.41, 5.74) is 0.801. The fourth-order valence-electron chi connectivity index (χ4n) is 2.92. The molecule has 2 unspecified atom stereocenters. The Morgan fingerprint density at radius 2 is 2.24 bits per heavy atom. The summed E-state index contributed by atoms with van der Waals surface area (Å²) in [6.07, 6.45) is 11.9. The maximum absolute atomic E-state index is 6.23. The monoisotopic (exact) mass is 288 g/mol. The lowest BCUT2D eigenvalue weighted by molar-refractivity contribution is 0.0988. The van der Waals surface area contributed by atoms with Gasteiger partial charge in [-0.05, 0) is 31.6 Å². The Labute approximate surface area is 125 Å². The molecular weight excluding hydrogens is 264 g/mol. The highest BCUT2D eigenvalue weighted by Gasteiger charge is 2.24. The molecule has 2 aromatic heterocycles. The summed E-state index contributed by atoms with van der Waals surface area (Å²) >= 11 is 0. The molecule has 0 spiro atoms. The van der Waals surface area contributed by atoms with Crippen LogP contribution in [0, 0.1) is 5.92 Å². The van der Waals surface area contributed by atoms with Crippen LogP contribution in [-0.4, -0.2) is 27.0 Å². The van der Waals surface area contributed by atoms with Gasteiger partial charge in [0, 0.05) is 18.9 Å². The second-order valence-electron chi connectivity index (χ2n) is 5.93. The zero-order valence-electron chi connectivity index (χ0n) is 12.9. The quantitative estimate of drug-likeness (QED) is 0.914. The van der Waals surface area contributed by atoms with Gasteiger partial charge >= 0.3 is 0 Å². The molecule has 21 heavy (non-hydrogen) atoms. The van der Waals surface area contributed by atoms with Gasteiger partial charge in [-0.2, -0.15) is 4.98 Å². The van der Waals surface area contributed by atoms with E-state index < -0.39 is 0 Å². The predicted octanol–water partition coefficient (Wildman–Crippen LogP) is 3.51. The van der Waals surface area contributed by atoms with E-state index in [4.69, 9.17) is 4.74 Å². The van der Waals surface area contributed by atoms with Crippen LogP contribution in [0.4, 0.5) is 5.82 Å². The van der Waals surface area contributed by atoms with Crippen molar-refractivity contribution in [2.45, 2.75) is 52.1 Å². The topological polar surface area (TPSA) is 51.5 Å². The van der Waals surface area contributed by atoms with E-state index in [1.165, 1.54) is 19.3 Å². The molecule has 2 heterocycles. The van der Waals surface area contributed by atoms with Gasteiger partial charge in [0.1, 0.15) is 11.9 Å². The summed E-state index contributed by atoms with van der Waals surface area (Å²) < 4.78 is 8.21. The summed E-state index contributed by atoms with van der Waals surface area (Å²) in [5.74, 6) is 2.09. The van der Waals surface area contributed by atoms with Crippen LogP contribution in [-0.2, 0) is 0 Å². The van der Waals surface area contributed by atoms with E-state index in [2.05, 4.69) is 29.1 Å². The Kier molecular flexibility index (Phi) is 4.27. The lowest BCUT2D eigenvalue weighted by atomic mass is 9.88. The molecule has 1 N–H and O–H groups in total. The van der Waals surface area contributed by atoms with E-state index in [0.29, 0.717) is 11.8 Å². The molecule has 5 heteroatoms. The third kappa shape index (κ3) is 3.12. The van der Waals surface area contributed by atoms with Gasteiger partial charge in [0.2, 0.25) is 5.65 Å². The Morgan fingerprint density at radius 3 is 3.05 bits per heavy atom. The minimum atomic E-state index is 0.258. The van der Waals surface area contributed by atoms with Crippen molar-refractivity contribution >= 4 is 11.5 Å². The van der Waals surface area contributed by atoms with E-state index >= 15 is 0 Å². The van der Waals surface area contributed by atoms with Crippen LogP contribution < -0.4 is 10.1 Å². The van der Waals surface area contributed by atoms with Crippen LogP contribution >= 0.6 is 0 Å². The summed E-state index contributed by atoms with van der Waals surface area (Å²) in [6.45, 7) is 5.32. The largest absolute Gasteiger partial charge is 0.471 e. The van der Waals surface area contributed by atoms with Gasteiger partial charge < -0.3 is 10.1 Å². The van der Waals surface area contributed by atoms with Gasteiger partial charge in [-0.3, -0.25) is 4.40 Å². The van der Waals surface area contributed by atoms with E-state index in [9.17, 15) is 0 Å². The number of ether oxygens (including phenoxy) is 1. The SMILES string of the molecule is CCCNc1cn2ccnc2c(OC2CCCCC2C)n1. The van der Waals surface area contributed by atoms with Crippen molar-refractivity contribution in [3.8, 4) is 5.88 Å². The summed E-state index contributed by atoms with van der Waals surface area (Å²) in [4.78, 5) is 9.00. The third-order valence-electron chi connectivity index (χ3n) is 4.20. The number of nitrogens with zero attached hydrogens (tertiary/aromatic N) is 3. The zero-order chi connectivity index (χ0) is 14.7. The van der Waals surface area contributed by atoms with Crippen molar-refractivity contribution in [1.29, 1.82) is 0 Å². The standard InChI is InChI=1S/C16H24N4O/c1-3-8-17-14-11-20-10-9-18-15(20)16(19-14)21-13-7-5-4-6-12(13)2/h9-13,17H,3-8H2,1-2H3. The van der Waals surface area contributed by atoms with Gasteiger partial charge in [-0.15, -0.1) is 0 Å². The molecule has 0 bridgehead atoms. The van der Waals surface area contributed by atoms with Gasteiger partial charge in [0.05, 0.1) is 6.20 Å². The molecule has 1 fully saturated rings. The first-order chi connectivity index (χ1) is 10.3. The van der Waals surface area contributed by atoms with Gasteiger partial charge in [-0.25, -0.2) is 4.98 Å². The Hall–Kier alpha value is -1.78. The molecule has 0 radical (unpaired) electrons. The Balaban J connectivity index is 1.86. The number of fused-ring (bicyclic) bond motifs is 1. The van der Waals surface area contributed by atoms with Gasteiger partial charge in [0.15, 0.2) is 0 Å². The Morgan fingerprint density at radius 1 is 1.38 bits per heavy atom. The molecule has 0 amide bonds. The van der Waals surface area contributed by atoms with Crippen molar-refractivity contribution in [1.82, 2.24) is 14.4 Å². The summed E-state index contributed by atoms with van der Waals surface area (Å²) in [5, 5.41) is 3.33. The highest BCUT2D eigenvalue weighted by atomic mass is 16.5. The number of aromatic nitrogens is 3. The number of hydrogen-bond acceptors (Lipinski definition) is 4. The van der Waals surface area contributed by atoms with Crippen LogP contribution in [0.2, 0.25) is 0 Å². The van der Waals surface area contributed by atoms with E-state index in [0.717, 1.165) is 30.9 Å². The fourth-order valence-corrected chi connectivity index (χ4v) is 2.92. The van der Waals surface area contributed by atoms with Crippen molar-refractivity contribution in [3.63, 3.8) is 0 Å². The summed E-state index contributed by atoms with van der Waals surface area (Å²) in [7, 11) is 0. The molecule has 114 valence electrons. The fraction of sp³-hybridized carbons (Fsp3) is 0.625. The molecule has 2 atom stereocenters. The molecule has 1 aliphatic carbocycles. The van der Waals surface area contributed by atoms with Crippen molar-refractivity contribution in [2.75, 3.05) is 11.9 Å². The maximum Gasteiger partial charge on any atom is 0.260 e. The summed E-state index contributed by atoms with van der Waals surface area (Å²) in [6, 6.07) is 0. The smallest absolute Gasteiger partial charge is 0.260 e.